The summed E-state index contributed by atoms with van der Waals surface area (Å²) in [6, 6.07) is 16.0. The van der Waals surface area contributed by atoms with Crippen LogP contribution in [0.5, 0.6) is 0 Å². The van der Waals surface area contributed by atoms with Gasteiger partial charge in [0.2, 0.25) is 0 Å². The number of carbonyl (C=O) groups is 1. The fraction of sp³-hybridized carbons (Fsp3) is 0.350. The maximum Gasteiger partial charge on any atom is 0.303 e. The Bertz CT molecular complexity index is 661. The molecule has 0 unspecified atom stereocenters. The smallest absolute Gasteiger partial charge is 0.303 e. The van der Waals surface area contributed by atoms with Crippen LogP contribution in [0.2, 0.25) is 0 Å². The molecule has 126 valence electrons. The standard InChI is InChI=1S/C20H24N2O2/c1-2-3-5-16-8-12-18(13-9-16)21-22-19-14-10-17(11-15-19)6-4-7-20(23)24/h8-15H,2-7H2,1H3,(H,23,24). The first-order valence-electron chi connectivity index (χ1n) is 8.49. The van der Waals surface area contributed by atoms with E-state index in [9.17, 15) is 4.79 Å². The van der Waals surface area contributed by atoms with E-state index >= 15 is 0 Å². The van der Waals surface area contributed by atoms with E-state index in [0.717, 1.165) is 29.8 Å². The van der Waals surface area contributed by atoms with Crippen molar-refractivity contribution in [2.75, 3.05) is 0 Å². The van der Waals surface area contributed by atoms with Gasteiger partial charge in [-0.05, 0) is 61.1 Å². The van der Waals surface area contributed by atoms with E-state index in [4.69, 9.17) is 5.11 Å². The van der Waals surface area contributed by atoms with Crippen molar-refractivity contribution in [3.63, 3.8) is 0 Å². The van der Waals surface area contributed by atoms with Crippen molar-refractivity contribution in [2.24, 2.45) is 10.2 Å². The lowest BCUT2D eigenvalue weighted by atomic mass is 10.1. The highest BCUT2D eigenvalue weighted by Gasteiger charge is 1.99. The minimum absolute atomic E-state index is 0.204. The number of aliphatic carboxylic acids is 1. The fourth-order valence-corrected chi connectivity index (χ4v) is 2.40. The Hall–Kier alpha value is -2.49. The Morgan fingerprint density at radius 2 is 1.29 bits per heavy atom. The molecule has 0 aliphatic heterocycles. The zero-order valence-electron chi connectivity index (χ0n) is 14.1. The maximum absolute atomic E-state index is 10.5. The van der Waals surface area contributed by atoms with Crippen molar-refractivity contribution in [3.05, 3.63) is 59.7 Å². The second-order valence-corrected chi connectivity index (χ2v) is 5.88. The van der Waals surface area contributed by atoms with Crippen molar-refractivity contribution >= 4 is 17.3 Å². The number of carboxylic acids is 1. The van der Waals surface area contributed by atoms with Crippen LogP contribution < -0.4 is 0 Å². The number of aryl methyl sites for hydroxylation is 2. The molecule has 0 amide bonds. The third-order valence-electron chi connectivity index (χ3n) is 3.83. The van der Waals surface area contributed by atoms with Gasteiger partial charge in [-0.15, -0.1) is 0 Å². The van der Waals surface area contributed by atoms with Gasteiger partial charge in [0.25, 0.3) is 0 Å². The average molecular weight is 324 g/mol. The minimum Gasteiger partial charge on any atom is -0.481 e. The molecule has 0 atom stereocenters. The Morgan fingerprint density at radius 1 is 0.833 bits per heavy atom. The Balaban J connectivity index is 1.88. The molecule has 0 bridgehead atoms. The summed E-state index contributed by atoms with van der Waals surface area (Å²) >= 11 is 0. The minimum atomic E-state index is -0.749. The molecule has 0 spiro atoms. The molecule has 0 saturated carbocycles. The van der Waals surface area contributed by atoms with Crippen molar-refractivity contribution in [2.45, 2.75) is 45.4 Å². The van der Waals surface area contributed by atoms with Gasteiger partial charge in [0, 0.05) is 6.42 Å². The van der Waals surface area contributed by atoms with Gasteiger partial charge < -0.3 is 5.11 Å². The Morgan fingerprint density at radius 3 is 1.71 bits per heavy atom. The fourth-order valence-electron chi connectivity index (χ4n) is 2.40. The molecule has 24 heavy (non-hydrogen) atoms. The van der Waals surface area contributed by atoms with Crippen LogP contribution in [-0.2, 0) is 17.6 Å². The van der Waals surface area contributed by atoms with Gasteiger partial charge in [0.1, 0.15) is 0 Å². The second-order valence-electron chi connectivity index (χ2n) is 5.88. The predicted octanol–water partition coefficient (Wildman–Crippen LogP) is 5.85. The van der Waals surface area contributed by atoms with Gasteiger partial charge in [-0.1, -0.05) is 37.6 Å². The molecule has 0 radical (unpaired) electrons. The molecular weight excluding hydrogens is 300 g/mol. The molecule has 0 aliphatic carbocycles. The van der Waals surface area contributed by atoms with Crippen molar-refractivity contribution in [3.8, 4) is 0 Å². The lowest BCUT2D eigenvalue weighted by Gasteiger charge is -2.01. The number of nitrogens with zero attached hydrogens (tertiary/aromatic N) is 2. The normalized spacial score (nSPS) is 11.0. The summed E-state index contributed by atoms with van der Waals surface area (Å²) in [4.78, 5) is 10.5. The highest BCUT2D eigenvalue weighted by molar-refractivity contribution is 5.66. The van der Waals surface area contributed by atoms with E-state index in [2.05, 4.69) is 29.3 Å². The van der Waals surface area contributed by atoms with Crippen molar-refractivity contribution in [1.29, 1.82) is 0 Å². The molecule has 1 N–H and O–H groups in total. The van der Waals surface area contributed by atoms with Gasteiger partial charge in [0.15, 0.2) is 0 Å². The molecule has 4 heteroatoms. The average Bonchev–Trinajstić information content (AvgIpc) is 2.60. The number of unbranched alkanes of at least 4 members (excludes halogenated alkanes) is 1. The summed E-state index contributed by atoms with van der Waals surface area (Å²) in [7, 11) is 0. The Labute approximate surface area is 143 Å². The van der Waals surface area contributed by atoms with Gasteiger partial charge in [-0.2, -0.15) is 10.2 Å². The predicted molar refractivity (Wildman–Crippen MR) is 96.2 cm³/mol. The maximum atomic E-state index is 10.5. The van der Waals surface area contributed by atoms with Crippen LogP contribution in [0.3, 0.4) is 0 Å². The van der Waals surface area contributed by atoms with Crippen LogP contribution in [0.1, 0.15) is 43.7 Å². The first-order chi connectivity index (χ1) is 11.7. The topological polar surface area (TPSA) is 62.0 Å². The van der Waals surface area contributed by atoms with Crippen LogP contribution in [0.15, 0.2) is 58.8 Å². The lowest BCUT2D eigenvalue weighted by Crippen LogP contribution is -1.95. The quantitative estimate of drug-likeness (QED) is 0.588. The van der Waals surface area contributed by atoms with Crippen LogP contribution in [0.4, 0.5) is 11.4 Å². The van der Waals surface area contributed by atoms with E-state index in [0.29, 0.717) is 6.42 Å². The third kappa shape index (κ3) is 6.32. The van der Waals surface area contributed by atoms with Crippen LogP contribution in [0, 0.1) is 0 Å². The Kier molecular flexibility index (Phi) is 7.15. The molecule has 4 nitrogen and oxygen atoms in total. The van der Waals surface area contributed by atoms with Crippen LogP contribution >= 0.6 is 0 Å². The summed E-state index contributed by atoms with van der Waals surface area (Å²) in [5, 5.41) is 17.2. The number of benzene rings is 2. The molecule has 0 fully saturated rings. The third-order valence-corrected chi connectivity index (χ3v) is 3.83. The molecule has 2 rings (SSSR count). The number of azo groups is 1. The van der Waals surface area contributed by atoms with Crippen molar-refractivity contribution < 1.29 is 9.90 Å². The number of hydrogen-bond acceptors (Lipinski definition) is 3. The van der Waals surface area contributed by atoms with Gasteiger partial charge in [-0.25, -0.2) is 0 Å². The van der Waals surface area contributed by atoms with E-state index < -0.39 is 5.97 Å². The first kappa shape index (κ1) is 17.9. The summed E-state index contributed by atoms with van der Waals surface area (Å²) in [6.07, 6.45) is 5.14. The van der Waals surface area contributed by atoms with Crippen LogP contribution in [-0.4, -0.2) is 11.1 Å². The first-order valence-corrected chi connectivity index (χ1v) is 8.49. The lowest BCUT2D eigenvalue weighted by molar-refractivity contribution is -0.137. The molecule has 0 aromatic heterocycles. The highest BCUT2D eigenvalue weighted by atomic mass is 16.4. The zero-order chi connectivity index (χ0) is 17.2. The van der Waals surface area contributed by atoms with E-state index in [1.807, 2.05) is 36.4 Å². The molecule has 2 aromatic carbocycles. The second kappa shape index (κ2) is 9.60. The summed E-state index contributed by atoms with van der Waals surface area (Å²) in [5.74, 6) is -0.749. The summed E-state index contributed by atoms with van der Waals surface area (Å²) in [5.41, 5.74) is 4.10. The number of hydrogen-bond donors (Lipinski definition) is 1. The largest absolute Gasteiger partial charge is 0.481 e. The molecule has 0 saturated heterocycles. The molecule has 0 aliphatic rings. The monoisotopic (exact) mass is 324 g/mol. The summed E-state index contributed by atoms with van der Waals surface area (Å²) in [6.45, 7) is 2.19. The molecular formula is C20H24N2O2. The SMILES string of the molecule is CCCCc1ccc(N=Nc2ccc(CCCC(=O)O)cc2)cc1. The van der Waals surface area contributed by atoms with E-state index in [1.54, 1.807) is 0 Å². The number of rotatable bonds is 9. The highest BCUT2D eigenvalue weighted by Crippen LogP contribution is 2.20. The zero-order valence-corrected chi connectivity index (χ0v) is 14.1. The van der Waals surface area contributed by atoms with Gasteiger partial charge >= 0.3 is 5.97 Å². The van der Waals surface area contributed by atoms with E-state index in [-0.39, 0.29) is 6.42 Å². The van der Waals surface area contributed by atoms with Gasteiger partial charge in [0.05, 0.1) is 11.4 Å². The van der Waals surface area contributed by atoms with Crippen molar-refractivity contribution in [1.82, 2.24) is 0 Å². The van der Waals surface area contributed by atoms with Crippen LogP contribution in [0.25, 0.3) is 0 Å². The molecule has 2 aromatic rings. The number of carboxylic acid groups (broad SMARTS) is 1. The van der Waals surface area contributed by atoms with Gasteiger partial charge in [-0.3, -0.25) is 4.79 Å². The molecule has 0 heterocycles. The summed E-state index contributed by atoms with van der Waals surface area (Å²) < 4.78 is 0. The van der Waals surface area contributed by atoms with E-state index in [1.165, 1.54) is 18.4 Å².